The molecule has 4 heterocycles. The summed E-state index contributed by atoms with van der Waals surface area (Å²) in [6.07, 6.45) is 12.7. The first-order valence-electron chi connectivity index (χ1n) is 18.3. The zero-order valence-corrected chi connectivity index (χ0v) is 31.1. The van der Waals surface area contributed by atoms with Crippen molar-refractivity contribution in [2.75, 3.05) is 54.1 Å². The van der Waals surface area contributed by atoms with Crippen LogP contribution in [0.15, 0.2) is 83.4 Å². The minimum atomic E-state index is -0.201. The van der Waals surface area contributed by atoms with Crippen molar-refractivity contribution in [1.82, 2.24) is 19.4 Å². The van der Waals surface area contributed by atoms with E-state index in [-0.39, 0.29) is 29.6 Å². The summed E-state index contributed by atoms with van der Waals surface area (Å²) in [4.78, 5) is 36.9. The molecule has 280 valence electrons. The molecular weight excluding hydrogens is 672 g/mol. The lowest BCUT2D eigenvalue weighted by atomic mass is 9.76. The molecule has 1 N–H and O–H groups in total. The number of methoxy groups -OCH3 is 3. The molecule has 1 atom stereocenters. The fraction of sp³-hybridized carbons (Fsp3) is 0.405. The standard InChI is InChI=1S/C42H50N4O7/c1-5-6-8-13-33-26-43-40(46(33)27-34-14-15-35(28-47)53-34)38(48)30-16-20-44(21-17-30)22-18-42(32-11-9-7-10-12-32)19-23-45(29-42)41(49)31-24-36(50-2)39(52-4)37(25-31)51-3/h5-15,24-26,30,47H,16-23,27-29H2,1-4H3. The first-order chi connectivity index (χ1) is 25.8. The van der Waals surface area contributed by atoms with E-state index in [4.69, 9.17) is 18.6 Å². The van der Waals surface area contributed by atoms with Crippen LogP contribution in [0.3, 0.4) is 0 Å². The van der Waals surface area contributed by atoms with Gasteiger partial charge in [0.15, 0.2) is 17.3 Å². The largest absolute Gasteiger partial charge is 0.493 e. The number of aliphatic hydroxyl groups is 1. The average Bonchev–Trinajstić information content (AvgIpc) is 3.96. The molecule has 11 heteroatoms. The number of piperidine rings is 1. The zero-order chi connectivity index (χ0) is 37.4. The molecule has 0 saturated carbocycles. The number of allylic oxidation sites excluding steroid dienone is 3. The molecule has 1 unspecified atom stereocenters. The van der Waals surface area contributed by atoms with Gasteiger partial charge in [-0.3, -0.25) is 9.59 Å². The summed E-state index contributed by atoms with van der Waals surface area (Å²) in [5.74, 6) is 2.76. The highest BCUT2D eigenvalue weighted by Gasteiger charge is 2.42. The van der Waals surface area contributed by atoms with Gasteiger partial charge in [0.1, 0.15) is 18.1 Å². The van der Waals surface area contributed by atoms with Gasteiger partial charge in [-0.2, -0.15) is 0 Å². The molecule has 0 bridgehead atoms. The maximum absolute atomic E-state index is 14.0. The molecule has 2 aromatic carbocycles. The number of furan rings is 1. The molecule has 11 nitrogen and oxygen atoms in total. The topological polar surface area (TPSA) is 120 Å². The van der Waals surface area contributed by atoms with Crippen molar-refractivity contribution in [3.8, 4) is 17.2 Å². The second-order valence-corrected chi connectivity index (χ2v) is 13.8. The first-order valence-corrected chi connectivity index (χ1v) is 18.3. The number of hydrogen-bond acceptors (Lipinski definition) is 9. The third-order valence-corrected chi connectivity index (χ3v) is 10.7. The van der Waals surface area contributed by atoms with Crippen LogP contribution in [0.5, 0.6) is 17.2 Å². The lowest BCUT2D eigenvalue weighted by molar-refractivity contribution is 0.0777. The van der Waals surface area contributed by atoms with Crippen molar-refractivity contribution in [2.24, 2.45) is 5.92 Å². The molecule has 53 heavy (non-hydrogen) atoms. The number of benzene rings is 2. The highest BCUT2D eigenvalue weighted by atomic mass is 16.5. The Morgan fingerprint density at radius 1 is 0.962 bits per heavy atom. The maximum Gasteiger partial charge on any atom is 0.254 e. The third-order valence-electron chi connectivity index (χ3n) is 10.7. The Balaban J connectivity index is 1.13. The van der Waals surface area contributed by atoms with Crippen LogP contribution >= 0.6 is 0 Å². The Labute approximate surface area is 311 Å². The summed E-state index contributed by atoms with van der Waals surface area (Å²) in [7, 11) is 4.65. The van der Waals surface area contributed by atoms with Gasteiger partial charge >= 0.3 is 0 Å². The third kappa shape index (κ3) is 8.26. The van der Waals surface area contributed by atoms with Crippen LogP contribution in [-0.2, 0) is 18.6 Å². The molecular formula is C42H50N4O7. The number of ether oxygens (including phenoxy) is 3. The zero-order valence-electron chi connectivity index (χ0n) is 31.1. The highest BCUT2D eigenvalue weighted by molar-refractivity contribution is 5.96. The predicted octanol–water partition coefficient (Wildman–Crippen LogP) is 6.40. The van der Waals surface area contributed by atoms with Crippen LogP contribution < -0.4 is 14.2 Å². The summed E-state index contributed by atoms with van der Waals surface area (Å²) < 4.78 is 24.2. The van der Waals surface area contributed by atoms with Crippen molar-refractivity contribution >= 4 is 17.8 Å². The number of carbonyl (C=O) groups is 2. The number of imidazole rings is 1. The molecule has 2 saturated heterocycles. The Morgan fingerprint density at radius 2 is 1.68 bits per heavy atom. The van der Waals surface area contributed by atoms with Crippen molar-refractivity contribution in [3.63, 3.8) is 0 Å². The van der Waals surface area contributed by atoms with Crippen LogP contribution in [0.2, 0.25) is 0 Å². The molecule has 2 aliphatic heterocycles. The Morgan fingerprint density at radius 3 is 2.32 bits per heavy atom. The quantitative estimate of drug-likeness (QED) is 0.110. The van der Waals surface area contributed by atoms with E-state index in [0.717, 1.165) is 51.0 Å². The van der Waals surface area contributed by atoms with E-state index < -0.39 is 0 Å². The van der Waals surface area contributed by atoms with Crippen LogP contribution in [0, 0.1) is 5.92 Å². The van der Waals surface area contributed by atoms with E-state index >= 15 is 0 Å². The van der Waals surface area contributed by atoms with Crippen LogP contribution in [0.4, 0.5) is 0 Å². The van der Waals surface area contributed by atoms with Crippen molar-refractivity contribution < 1.29 is 33.3 Å². The number of nitrogens with zero attached hydrogens (tertiary/aromatic N) is 4. The molecule has 0 aliphatic carbocycles. The van der Waals surface area contributed by atoms with E-state index in [1.807, 2.05) is 52.8 Å². The Kier molecular flexibility index (Phi) is 12.2. The normalized spacial score (nSPS) is 18.3. The summed E-state index contributed by atoms with van der Waals surface area (Å²) in [6, 6.07) is 17.5. The van der Waals surface area contributed by atoms with Gasteiger partial charge in [0.05, 0.1) is 39.8 Å². The molecule has 4 aromatic rings. The smallest absolute Gasteiger partial charge is 0.254 e. The second kappa shape index (κ2) is 17.1. The molecule has 1 amide bonds. The number of carbonyl (C=O) groups excluding carboxylic acids is 2. The van der Waals surface area contributed by atoms with E-state index in [2.05, 4.69) is 34.1 Å². The molecule has 2 fully saturated rings. The number of hydrogen-bond donors (Lipinski definition) is 1. The summed E-state index contributed by atoms with van der Waals surface area (Å²) >= 11 is 0. The van der Waals surface area contributed by atoms with Crippen molar-refractivity contribution in [1.29, 1.82) is 0 Å². The van der Waals surface area contributed by atoms with Gasteiger partial charge in [-0.1, -0.05) is 48.6 Å². The van der Waals surface area contributed by atoms with Gasteiger partial charge in [-0.15, -0.1) is 0 Å². The van der Waals surface area contributed by atoms with Gasteiger partial charge < -0.3 is 38.1 Å². The summed E-state index contributed by atoms with van der Waals surface area (Å²) in [5.41, 5.74) is 2.34. The van der Waals surface area contributed by atoms with Gasteiger partial charge in [0, 0.05) is 30.0 Å². The minimum Gasteiger partial charge on any atom is -0.493 e. The van der Waals surface area contributed by atoms with Gasteiger partial charge in [0.2, 0.25) is 11.5 Å². The molecule has 6 rings (SSSR count). The number of aromatic nitrogens is 2. The lowest BCUT2D eigenvalue weighted by Gasteiger charge is -2.36. The molecule has 2 aliphatic rings. The van der Waals surface area contributed by atoms with Crippen LogP contribution in [0.25, 0.3) is 6.08 Å². The fourth-order valence-electron chi connectivity index (χ4n) is 7.68. The lowest BCUT2D eigenvalue weighted by Crippen LogP contribution is -2.41. The summed E-state index contributed by atoms with van der Waals surface area (Å²) in [6.45, 7) is 5.83. The monoisotopic (exact) mass is 722 g/mol. The molecule has 0 spiro atoms. The number of likely N-dealkylation sites (tertiary alicyclic amines) is 2. The van der Waals surface area contributed by atoms with E-state index in [1.165, 1.54) is 5.56 Å². The molecule has 0 radical (unpaired) electrons. The minimum absolute atomic E-state index is 0.0433. The molecule has 2 aromatic heterocycles. The number of Topliss-reactive ketones (excluding diaryl/α,β-unsaturated/α-hetero) is 1. The van der Waals surface area contributed by atoms with E-state index in [0.29, 0.717) is 59.8 Å². The first kappa shape index (κ1) is 37.6. The maximum atomic E-state index is 14.0. The Hall–Kier alpha value is -5.13. The number of amides is 1. The van der Waals surface area contributed by atoms with Gasteiger partial charge in [0.25, 0.3) is 5.91 Å². The fourth-order valence-corrected chi connectivity index (χ4v) is 7.68. The van der Waals surface area contributed by atoms with Crippen LogP contribution in [-0.4, -0.2) is 90.2 Å². The Bertz CT molecular complexity index is 1900. The van der Waals surface area contributed by atoms with E-state index in [9.17, 15) is 14.7 Å². The second-order valence-electron chi connectivity index (χ2n) is 13.8. The van der Waals surface area contributed by atoms with Crippen molar-refractivity contribution in [2.45, 2.75) is 51.2 Å². The number of rotatable bonds is 15. The SMILES string of the molecule is CC=CC=Cc1cnc(C(=O)C2CCN(CCC3(c4ccccc4)CCN(C(=O)c4cc(OC)c(OC)c(OC)c4)C3)CC2)n1Cc1ccc(CO)o1. The predicted molar refractivity (Wildman–Crippen MR) is 203 cm³/mol. The van der Waals surface area contributed by atoms with Crippen LogP contribution in [0.1, 0.15) is 76.4 Å². The van der Waals surface area contributed by atoms with Crippen molar-refractivity contribution in [3.05, 3.63) is 113 Å². The van der Waals surface area contributed by atoms with Gasteiger partial charge in [-0.05, 0) is 88.1 Å². The summed E-state index contributed by atoms with van der Waals surface area (Å²) in [5, 5.41) is 9.49. The number of aliphatic hydroxyl groups excluding tert-OH is 1. The average molecular weight is 723 g/mol. The van der Waals surface area contributed by atoms with E-state index in [1.54, 1.807) is 45.7 Å². The highest BCUT2D eigenvalue weighted by Crippen LogP contribution is 2.41. The number of ketones is 1. The van der Waals surface area contributed by atoms with Gasteiger partial charge in [-0.25, -0.2) is 4.98 Å².